The molecule has 2 aromatic rings. The van der Waals surface area contributed by atoms with Crippen molar-refractivity contribution < 1.29 is 4.42 Å². The number of hydrazine groups is 1. The van der Waals surface area contributed by atoms with Crippen molar-refractivity contribution in [2.24, 2.45) is 5.84 Å². The molecule has 2 heterocycles. The molecule has 0 aliphatic rings. The summed E-state index contributed by atoms with van der Waals surface area (Å²) in [6.45, 7) is 2.04. The summed E-state index contributed by atoms with van der Waals surface area (Å²) in [7, 11) is 0. The molecule has 1 unspecified atom stereocenters. The molecular weight excluding hydrogens is 220 g/mol. The van der Waals surface area contributed by atoms with Gasteiger partial charge in [0, 0.05) is 0 Å². The largest absolute Gasteiger partial charge is 0.467 e. The second-order valence-corrected chi connectivity index (χ2v) is 4.64. The molecule has 0 bridgehead atoms. The van der Waals surface area contributed by atoms with Gasteiger partial charge in [-0.25, -0.2) is 5.43 Å². The third-order valence-corrected chi connectivity index (χ3v) is 3.45. The minimum Gasteiger partial charge on any atom is -0.467 e. The molecule has 4 heteroatoms. The van der Waals surface area contributed by atoms with Crippen molar-refractivity contribution in [1.29, 1.82) is 0 Å². The van der Waals surface area contributed by atoms with E-state index >= 15 is 0 Å². The molecule has 2 aromatic heterocycles. The summed E-state index contributed by atoms with van der Waals surface area (Å²) >= 11 is 1.72. The van der Waals surface area contributed by atoms with Crippen molar-refractivity contribution >= 4 is 11.3 Å². The van der Waals surface area contributed by atoms with E-state index in [1.165, 1.54) is 5.56 Å². The molecule has 86 valence electrons. The Morgan fingerprint density at radius 3 is 2.94 bits per heavy atom. The van der Waals surface area contributed by atoms with Crippen LogP contribution < -0.4 is 11.3 Å². The average Bonchev–Trinajstić information content (AvgIpc) is 2.92. The van der Waals surface area contributed by atoms with Gasteiger partial charge in [-0.1, -0.05) is 0 Å². The summed E-state index contributed by atoms with van der Waals surface area (Å²) in [6.07, 6.45) is 3.67. The van der Waals surface area contributed by atoms with Crippen LogP contribution in [-0.4, -0.2) is 0 Å². The fraction of sp³-hybridized carbons (Fsp3) is 0.333. The van der Waals surface area contributed by atoms with Crippen LogP contribution in [0, 0.1) is 6.92 Å². The molecular formula is C12H16N2OS. The normalized spacial score (nSPS) is 12.9. The standard InChI is InChI=1S/C12H16N2OS/c1-9-4-6-15-12(9)11(14-13)3-2-10-5-7-16-8-10/h4-8,11,14H,2-3,13H2,1H3. The molecule has 0 amide bonds. The summed E-state index contributed by atoms with van der Waals surface area (Å²) in [5.41, 5.74) is 5.32. The maximum absolute atomic E-state index is 5.56. The van der Waals surface area contributed by atoms with Gasteiger partial charge in [-0.3, -0.25) is 5.84 Å². The van der Waals surface area contributed by atoms with E-state index in [4.69, 9.17) is 10.3 Å². The summed E-state index contributed by atoms with van der Waals surface area (Å²) in [5, 5.41) is 4.26. The van der Waals surface area contributed by atoms with Gasteiger partial charge in [-0.2, -0.15) is 11.3 Å². The van der Waals surface area contributed by atoms with Crippen LogP contribution in [0.4, 0.5) is 0 Å². The fourth-order valence-electron chi connectivity index (χ4n) is 1.78. The molecule has 0 radical (unpaired) electrons. The first kappa shape index (κ1) is 11.4. The fourth-order valence-corrected chi connectivity index (χ4v) is 2.48. The van der Waals surface area contributed by atoms with Gasteiger partial charge >= 0.3 is 0 Å². The Bertz CT molecular complexity index is 422. The lowest BCUT2D eigenvalue weighted by molar-refractivity contribution is 0.398. The summed E-state index contributed by atoms with van der Waals surface area (Å²) in [6, 6.07) is 4.20. The van der Waals surface area contributed by atoms with Crippen molar-refractivity contribution in [2.75, 3.05) is 0 Å². The first-order valence-corrected chi connectivity index (χ1v) is 6.26. The third-order valence-electron chi connectivity index (χ3n) is 2.72. The predicted molar refractivity (Wildman–Crippen MR) is 66.1 cm³/mol. The molecule has 0 saturated heterocycles. The maximum Gasteiger partial charge on any atom is 0.124 e. The van der Waals surface area contributed by atoms with Crippen molar-refractivity contribution in [3.63, 3.8) is 0 Å². The van der Waals surface area contributed by atoms with Gasteiger partial charge in [-0.05, 0) is 53.8 Å². The SMILES string of the molecule is Cc1ccoc1C(CCc1ccsc1)NN. The highest BCUT2D eigenvalue weighted by Gasteiger charge is 2.15. The van der Waals surface area contributed by atoms with Crippen LogP contribution in [0.1, 0.15) is 29.3 Å². The topological polar surface area (TPSA) is 51.2 Å². The summed E-state index contributed by atoms with van der Waals surface area (Å²) in [5.74, 6) is 6.51. The van der Waals surface area contributed by atoms with E-state index < -0.39 is 0 Å². The second kappa shape index (κ2) is 5.30. The molecule has 0 aromatic carbocycles. The zero-order valence-electron chi connectivity index (χ0n) is 9.27. The van der Waals surface area contributed by atoms with Crippen LogP contribution in [0.3, 0.4) is 0 Å². The van der Waals surface area contributed by atoms with Crippen LogP contribution in [0.2, 0.25) is 0 Å². The molecule has 1 atom stereocenters. The number of hydrogen-bond acceptors (Lipinski definition) is 4. The number of thiophene rings is 1. The predicted octanol–water partition coefficient (Wildman–Crippen LogP) is 2.79. The van der Waals surface area contributed by atoms with E-state index in [-0.39, 0.29) is 6.04 Å². The van der Waals surface area contributed by atoms with Crippen LogP contribution in [-0.2, 0) is 6.42 Å². The Morgan fingerprint density at radius 1 is 1.50 bits per heavy atom. The van der Waals surface area contributed by atoms with Gasteiger partial charge in [0.1, 0.15) is 5.76 Å². The Hall–Kier alpha value is -1.10. The second-order valence-electron chi connectivity index (χ2n) is 3.86. The third kappa shape index (κ3) is 2.52. The number of aryl methyl sites for hydroxylation is 2. The van der Waals surface area contributed by atoms with E-state index in [0.717, 1.165) is 24.2 Å². The van der Waals surface area contributed by atoms with E-state index in [0.29, 0.717) is 0 Å². The minimum absolute atomic E-state index is 0.0925. The molecule has 0 aliphatic heterocycles. The van der Waals surface area contributed by atoms with Gasteiger partial charge < -0.3 is 4.42 Å². The lowest BCUT2D eigenvalue weighted by atomic mass is 10.0. The van der Waals surface area contributed by atoms with Gasteiger partial charge in [0.05, 0.1) is 12.3 Å². The molecule has 0 spiro atoms. The minimum atomic E-state index is 0.0925. The molecule has 0 saturated carbocycles. The van der Waals surface area contributed by atoms with Gasteiger partial charge in [0.2, 0.25) is 0 Å². The Balaban J connectivity index is 1.99. The van der Waals surface area contributed by atoms with E-state index in [2.05, 4.69) is 22.3 Å². The Kier molecular flexibility index (Phi) is 3.77. The first-order chi connectivity index (χ1) is 7.81. The van der Waals surface area contributed by atoms with Crippen molar-refractivity contribution in [2.45, 2.75) is 25.8 Å². The Morgan fingerprint density at radius 2 is 2.38 bits per heavy atom. The van der Waals surface area contributed by atoms with Crippen molar-refractivity contribution in [1.82, 2.24) is 5.43 Å². The van der Waals surface area contributed by atoms with Crippen LogP contribution in [0.15, 0.2) is 33.6 Å². The van der Waals surface area contributed by atoms with Crippen molar-refractivity contribution in [3.05, 3.63) is 46.0 Å². The van der Waals surface area contributed by atoms with Crippen molar-refractivity contribution in [3.8, 4) is 0 Å². The molecule has 2 rings (SSSR count). The highest BCUT2D eigenvalue weighted by molar-refractivity contribution is 7.07. The van der Waals surface area contributed by atoms with Gasteiger partial charge in [0.25, 0.3) is 0 Å². The lowest BCUT2D eigenvalue weighted by Gasteiger charge is -2.13. The molecule has 0 aliphatic carbocycles. The molecule has 16 heavy (non-hydrogen) atoms. The van der Waals surface area contributed by atoms with Gasteiger partial charge in [-0.15, -0.1) is 0 Å². The molecule has 0 fully saturated rings. The van der Waals surface area contributed by atoms with E-state index in [9.17, 15) is 0 Å². The van der Waals surface area contributed by atoms with Crippen LogP contribution >= 0.6 is 11.3 Å². The zero-order chi connectivity index (χ0) is 11.4. The number of hydrogen-bond donors (Lipinski definition) is 2. The van der Waals surface area contributed by atoms with E-state index in [1.54, 1.807) is 17.6 Å². The van der Waals surface area contributed by atoms with Gasteiger partial charge in [0.15, 0.2) is 0 Å². The highest BCUT2D eigenvalue weighted by Crippen LogP contribution is 2.23. The zero-order valence-corrected chi connectivity index (χ0v) is 10.1. The summed E-state index contributed by atoms with van der Waals surface area (Å²) in [4.78, 5) is 0. The Labute approximate surface area is 99.2 Å². The quantitative estimate of drug-likeness (QED) is 0.620. The maximum atomic E-state index is 5.56. The highest BCUT2D eigenvalue weighted by atomic mass is 32.1. The molecule has 3 nitrogen and oxygen atoms in total. The number of nitrogens with two attached hydrogens (primary N) is 1. The van der Waals surface area contributed by atoms with Crippen LogP contribution in [0.25, 0.3) is 0 Å². The number of furan rings is 1. The number of rotatable bonds is 5. The number of nitrogens with one attached hydrogen (secondary N) is 1. The monoisotopic (exact) mass is 236 g/mol. The lowest BCUT2D eigenvalue weighted by Crippen LogP contribution is -2.28. The van der Waals surface area contributed by atoms with E-state index in [1.807, 2.05) is 13.0 Å². The first-order valence-electron chi connectivity index (χ1n) is 5.32. The smallest absolute Gasteiger partial charge is 0.124 e. The summed E-state index contributed by atoms with van der Waals surface area (Å²) < 4.78 is 5.45. The molecule has 3 N–H and O–H groups in total. The average molecular weight is 236 g/mol. The van der Waals surface area contributed by atoms with Crippen LogP contribution in [0.5, 0.6) is 0 Å².